The minimum Gasteiger partial charge on any atom is -0.497 e. The van der Waals surface area contributed by atoms with E-state index in [0.717, 1.165) is 22.1 Å². The number of fused-ring (bicyclic) bond motifs is 1. The molecule has 4 rings (SSSR count). The lowest BCUT2D eigenvalue weighted by molar-refractivity contribution is -0.127. The smallest absolute Gasteiger partial charge is 0.243 e. The Hall–Kier alpha value is -2.90. The van der Waals surface area contributed by atoms with Gasteiger partial charge in [-0.05, 0) is 59.4 Å². The molecule has 3 aromatic rings. The first kappa shape index (κ1) is 24.2. The van der Waals surface area contributed by atoms with E-state index in [4.69, 9.17) is 4.74 Å². The highest BCUT2D eigenvalue weighted by molar-refractivity contribution is 7.89. The van der Waals surface area contributed by atoms with Crippen molar-refractivity contribution >= 4 is 26.7 Å². The Morgan fingerprint density at radius 2 is 1.62 bits per heavy atom. The number of rotatable bonds is 7. The molecule has 7 heteroatoms. The summed E-state index contributed by atoms with van der Waals surface area (Å²) in [5, 5.41) is 5.10. The number of methoxy groups -OCH3 is 1. The predicted molar refractivity (Wildman–Crippen MR) is 134 cm³/mol. The molecule has 0 bridgehead atoms. The summed E-state index contributed by atoms with van der Waals surface area (Å²) in [4.78, 5) is 13.4. The zero-order valence-electron chi connectivity index (χ0n) is 19.9. The van der Waals surface area contributed by atoms with Gasteiger partial charge in [0.05, 0.1) is 18.0 Å². The molecule has 180 valence electrons. The summed E-state index contributed by atoms with van der Waals surface area (Å²) >= 11 is 0. The van der Waals surface area contributed by atoms with Gasteiger partial charge in [-0.3, -0.25) is 4.79 Å². The lowest BCUT2D eigenvalue weighted by Gasteiger charge is -2.32. The molecule has 0 saturated carbocycles. The molecule has 1 saturated heterocycles. The molecule has 0 spiro atoms. The molecule has 1 unspecified atom stereocenters. The van der Waals surface area contributed by atoms with Crippen LogP contribution >= 0.6 is 0 Å². The number of carbonyl (C=O) groups excluding carboxylic acids is 1. The summed E-state index contributed by atoms with van der Waals surface area (Å²) in [6.07, 6.45) is 1.01. The third kappa shape index (κ3) is 5.10. The first-order chi connectivity index (χ1) is 16.3. The second-order valence-electron chi connectivity index (χ2n) is 9.19. The number of benzene rings is 3. The highest BCUT2D eigenvalue weighted by Gasteiger charge is 2.33. The molecule has 0 radical (unpaired) electrons. The highest BCUT2D eigenvalue weighted by Crippen LogP contribution is 2.28. The summed E-state index contributed by atoms with van der Waals surface area (Å²) < 4.78 is 33.2. The number of nitrogens with zero attached hydrogens (tertiary/aromatic N) is 1. The normalized spacial score (nSPS) is 16.5. The summed E-state index contributed by atoms with van der Waals surface area (Å²) in [5.74, 6) is 0.767. The molecule has 6 nitrogen and oxygen atoms in total. The Morgan fingerprint density at radius 1 is 0.971 bits per heavy atom. The van der Waals surface area contributed by atoms with E-state index in [9.17, 15) is 13.2 Å². The molecular formula is C27H32N2O4S. The summed E-state index contributed by atoms with van der Waals surface area (Å²) in [5.41, 5.74) is 1.03. The van der Waals surface area contributed by atoms with E-state index in [1.807, 2.05) is 54.6 Å². The largest absolute Gasteiger partial charge is 0.497 e. The van der Waals surface area contributed by atoms with Crippen molar-refractivity contribution in [3.8, 4) is 5.75 Å². The topological polar surface area (TPSA) is 75.7 Å². The van der Waals surface area contributed by atoms with E-state index < -0.39 is 10.0 Å². The van der Waals surface area contributed by atoms with Crippen LogP contribution in [0.1, 0.15) is 38.3 Å². The molecule has 34 heavy (non-hydrogen) atoms. The van der Waals surface area contributed by atoms with Crippen LogP contribution < -0.4 is 10.1 Å². The van der Waals surface area contributed by atoms with Crippen molar-refractivity contribution in [1.29, 1.82) is 0 Å². The average molecular weight is 481 g/mol. The third-order valence-electron chi connectivity index (χ3n) is 6.62. The van der Waals surface area contributed by atoms with Gasteiger partial charge in [-0.15, -0.1) is 0 Å². The third-order valence-corrected chi connectivity index (χ3v) is 8.52. The van der Waals surface area contributed by atoms with Crippen LogP contribution in [-0.2, 0) is 14.8 Å². The molecule has 1 amide bonds. The van der Waals surface area contributed by atoms with Gasteiger partial charge in [0.1, 0.15) is 5.75 Å². The Labute approximate surface area is 202 Å². The Balaban J connectivity index is 1.41. The SMILES string of the molecule is COc1ccc(C(NC(=O)C2CCN(S(=O)(=O)c3ccc4ccccc4c3)CC2)C(C)C)cc1. The fourth-order valence-electron chi connectivity index (χ4n) is 4.55. The molecule has 1 fully saturated rings. The Bertz CT molecular complexity index is 1250. The quantitative estimate of drug-likeness (QED) is 0.529. The van der Waals surface area contributed by atoms with Crippen molar-refractivity contribution < 1.29 is 17.9 Å². The number of sulfonamides is 1. The van der Waals surface area contributed by atoms with Gasteiger partial charge in [0, 0.05) is 19.0 Å². The second-order valence-corrected chi connectivity index (χ2v) is 11.1. The van der Waals surface area contributed by atoms with Gasteiger partial charge in [-0.25, -0.2) is 8.42 Å². The van der Waals surface area contributed by atoms with Gasteiger partial charge in [0.2, 0.25) is 15.9 Å². The molecule has 1 aliphatic rings. The van der Waals surface area contributed by atoms with E-state index in [1.165, 1.54) is 4.31 Å². The highest BCUT2D eigenvalue weighted by atomic mass is 32.2. The number of nitrogens with one attached hydrogen (secondary N) is 1. The number of hydrogen-bond acceptors (Lipinski definition) is 4. The number of amides is 1. The van der Waals surface area contributed by atoms with E-state index in [2.05, 4.69) is 19.2 Å². The first-order valence-corrected chi connectivity index (χ1v) is 13.2. The molecule has 1 atom stereocenters. The van der Waals surface area contributed by atoms with Crippen molar-refractivity contribution in [3.63, 3.8) is 0 Å². The van der Waals surface area contributed by atoms with Crippen LogP contribution in [0.4, 0.5) is 0 Å². The minimum absolute atomic E-state index is 0.0164. The lowest BCUT2D eigenvalue weighted by Crippen LogP contribution is -2.44. The van der Waals surface area contributed by atoms with E-state index in [1.54, 1.807) is 19.2 Å². The number of carbonyl (C=O) groups is 1. The molecular weight excluding hydrogens is 448 g/mol. The minimum atomic E-state index is -3.60. The standard InChI is InChI=1S/C27H32N2O4S/c1-19(2)26(21-8-11-24(33-3)12-9-21)28-27(30)22-14-16-29(17-15-22)34(31,32)25-13-10-20-6-4-5-7-23(20)18-25/h4-13,18-19,22,26H,14-17H2,1-3H3,(H,28,30). The Kier molecular flexibility index (Phi) is 7.24. The molecule has 3 aromatic carbocycles. The lowest BCUT2D eigenvalue weighted by atomic mass is 9.92. The maximum absolute atomic E-state index is 13.2. The molecule has 1 aliphatic heterocycles. The maximum atomic E-state index is 13.2. The van der Waals surface area contributed by atoms with Crippen molar-refractivity contribution in [2.24, 2.45) is 11.8 Å². The van der Waals surface area contributed by atoms with Crippen molar-refractivity contribution in [2.75, 3.05) is 20.2 Å². The summed E-state index contributed by atoms with van der Waals surface area (Å²) in [7, 11) is -1.97. The van der Waals surface area contributed by atoms with Gasteiger partial charge in [0.15, 0.2) is 0 Å². The van der Waals surface area contributed by atoms with Gasteiger partial charge in [0.25, 0.3) is 0 Å². The van der Waals surface area contributed by atoms with E-state index in [0.29, 0.717) is 30.8 Å². The van der Waals surface area contributed by atoms with Crippen LogP contribution in [-0.4, -0.2) is 38.8 Å². The average Bonchev–Trinajstić information content (AvgIpc) is 2.86. The first-order valence-electron chi connectivity index (χ1n) is 11.7. The molecule has 0 aliphatic carbocycles. The number of ether oxygens (including phenoxy) is 1. The second kappa shape index (κ2) is 10.2. The fourth-order valence-corrected chi connectivity index (χ4v) is 6.06. The number of hydrogen-bond donors (Lipinski definition) is 1. The summed E-state index contributed by atoms with van der Waals surface area (Å²) in [6.45, 7) is 4.83. The number of piperidine rings is 1. The monoisotopic (exact) mass is 480 g/mol. The molecule has 1 N–H and O–H groups in total. The van der Waals surface area contributed by atoms with E-state index in [-0.39, 0.29) is 23.8 Å². The van der Waals surface area contributed by atoms with E-state index >= 15 is 0 Å². The Morgan fingerprint density at radius 3 is 2.24 bits per heavy atom. The van der Waals surface area contributed by atoms with Gasteiger partial charge in [-0.1, -0.05) is 56.3 Å². The van der Waals surface area contributed by atoms with Crippen LogP contribution in [0, 0.1) is 11.8 Å². The van der Waals surface area contributed by atoms with Crippen molar-refractivity contribution in [1.82, 2.24) is 9.62 Å². The zero-order chi connectivity index (χ0) is 24.3. The van der Waals surface area contributed by atoms with Gasteiger partial charge in [-0.2, -0.15) is 4.31 Å². The fraction of sp³-hybridized carbons (Fsp3) is 0.370. The van der Waals surface area contributed by atoms with Gasteiger partial charge >= 0.3 is 0 Å². The summed E-state index contributed by atoms with van der Waals surface area (Å²) in [6, 6.07) is 20.6. The van der Waals surface area contributed by atoms with Crippen LogP contribution in [0.5, 0.6) is 5.75 Å². The van der Waals surface area contributed by atoms with Crippen LogP contribution in [0.2, 0.25) is 0 Å². The van der Waals surface area contributed by atoms with Crippen LogP contribution in [0.15, 0.2) is 71.6 Å². The molecule has 1 heterocycles. The van der Waals surface area contributed by atoms with Crippen LogP contribution in [0.25, 0.3) is 10.8 Å². The zero-order valence-corrected chi connectivity index (χ0v) is 20.7. The predicted octanol–water partition coefficient (Wildman–Crippen LogP) is 4.76. The maximum Gasteiger partial charge on any atom is 0.243 e. The van der Waals surface area contributed by atoms with Crippen molar-refractivity contribution in [3.05, 3.63) is 72.3 Å². The van der Waals surface area contributed by atoms with Gasteiger partial charge < -0.3 is 10.1 Å². The van der Waals surface area contributed by atoms with Crippen LogP contribution in [0.3, 0.4) is 0 Å². The van der Waals surface area contributed by atoms with Crippen molar-refractivity contribution in [2.45, 2.75) is 37.6 Å². The molecule has 0 aromatic heterocycles.